The molecule has 2 nitrogen and oxygen atoms in total. The molecule has 0 spiro atoms. The van der Waals surface area contributed by atoms with E-state index in [0.29, 0.717) is 5.92 Å². The SMILES string of the molecule is c1ccc(-c2ccc3c(c2)-c2ccccc2C3CCc2cc3c4c(c2)c2ccccc2n4-c2ccc(-n4c5ccccc5c5cc(-c6ccccc6)ccc54)cc2-c2ccccc2-3)cc1. The molecule has 304 valence electrons. The molecule has 0 N–H and O–H groups in total. The van der Waals surface area contributed by atoms with Crippen LogP contribution in [0.4, 0.5) is 0 Å². The van der Waals surface area contributed by atoms with Crippen molar-refractivity contribution in [2.45, 2.75) is 18.8 Å². The number of aryl methyl sites for hydroxylation is 1. The fourth-order valence-electron chi connectivity index (χ4n) is 11.6. The van der Waals surface area contributed by atoms with E-state index in [2.05, 4.69) is 234 Å². The highest BCUT2D eigenvalue weighted by atomic mass is 15.0. The summed E-state index contributed by atoms with van der Waals surface area (Å²) in [5.74, 6) is 0.336. The highest BCUT2D eigenvalue weighted by Gasteiger charge is 2.30. The lowest BCUT2D eigenvalue weighted by atomic mass is 9.88. The van der Waals surface area contributed by atoms with E-state index < -0.39 is 0 Å². The zero-order chi connectivity index (χ0) is 42.6. The summed E-state index contributed by atoms with van der Waals surface area (Å²) in [5, 5.41) is 5.13. The fourth-order valence-corrected chi connectivity index (χ4v) is 11.6. The predicted molar refractivity (Wildman–Crippen MR) is 272 cm³/mol. The smallest absolute Gasteiger partial charge is 0.0620 e. The minimum Gasteiger partial charge on any atom is -0.309 e. The van der Waals surface area contributed by atoms with Crippen LogP contribution >= 0.6 is 0 Å². The van der Waals surface area contributed by atoms with E-state index >= 15 is 0 Å². The molecule has 2 heteroatoms. The molecular formula is C63H42N2. The molecule has 1 atom stereocenters. The van der Waals surface area contributed by atoms with Crippen LogP contribution in [0.5, 0.6) is 0 Å². The first-order valence-electron chi connectivity index (χ1n) is 22.9. The zero-order valence-electron chi connectivity index (χ0n) is 35.7. The second kappa shape index (κ2) is 14.2. The molecular weight excluding hydrogens is 785 g/mol. The normalized spacial score (nSPS) is 13.5. The number of hydrogen-bond acceptors (Lipinski definition) is 0. The van der Waals surface area contributed by atoms with Crippen molar-refractivity contribution in [3.05, 3.63) is 241 Å². The summed E-state index contributed by atoms with van der Waals surface area (Å²) < 4.78 is 5.01. The second-order valence-electron chi connectivity index (χ2n) is 17.9. The van der Waals surface area contributed by atoms with Gasteiger partial charge in [0.1, 0.15) is 0 Å². The van der Waals surface area contributed by atoms with Crippen LogP contribution in [-0.4, -0.2) is 9.13 Å². The highest BCUT2D eigenvalue weighted by molar-refractivity contribution is 6.17. The van der Waals surface area contributed by atoms with Crippen molar-refractivity contribution in [2.75, 3.05) is 0 Å². The molecule has 12 aromatic rings. The van der Waals surface area contributed by atoms with Crippen LogP contribution in [0.3, 0.4) is 0 Å². The molecule has 3 heterocycles. The molecule has 14 rings (SSSR count). The summed E-state index contributed by atoms with van der Waals surface area (Å²) >= 11 is 0. The van der Waals surface area contributed by atoms with Gasteiger partial charge in [0.05, 0.1) is 27.8 Å². The lowest BCUT2D eigenvalue weighted by Crippen LogP contribution is -2.00. The molecule has 0 saturated heterocycles. The largest absolute Gasteiger partial charge is 0.309 e. The third kappa shape index (κ3) is 5.47. The summed E-state index contributed by atoms with van der Waals surface area (Å²) in [6.07, 6.45) is 2.01. The second-order valence-corrected chi connectivity index (χ2v) is 17.9. The lowest BCUT2D eigenvalue weighted by molar-refractivity contribution is 0.730. The number of aromatic nitrogens is 2. The Bertz CT molecular complexity index is 3880. The van der Waals surface area contributed by atoms with Crippen molar-refractivity contribution in [2.24, 2.45) is 0 Å². The molecule has 1 unspecified atom stereocenters. The highest BCUT2D eigenvalue weighted by Crippen LogP contribution is 2.51. The fraction of sp³-hybridized carbons (Fsp3) is 0.0476. The van der Waals surface area contributed by atoms with Gasteiger partial charge in [0, 0.05) is 44.3 Å². The average molecular weight is 827 g/mol. The van der Waals surface area contributed by atoms with Gasteiger partial charge in [0.15, 0.2) is 0 Å². The maximum Gasteiger partial charge on any atom is 0.0620 e. The Balaban J connectivity index is 0.912. The third-order valence-electron chi connectivity index (χ3n) is 14.5. The molecule has 1 aliphatic carbocycles. The van der Waals surface area contributed by atoms with Crippen LogP contribution in [0.2, 0.25) is 0 Å². The maximum absolute atomic E-state index is 2.55. The molecule has 0 amide bonds. The first kappa shape index (κ1) is 36.3. The van der Waals surface area contributed by atoms with Gasteiger partial charge in [-0.2, -0.15) is 0 Å². The Labute approximate surface area is 377 Å². The summed E-state index contributed by atoms with van der Waals surface area (Å²) in [5.41, 5.74) is 24.4. The van der Waals surface area contributed by atoms with Crippen LogP contribution in [0.1, 0.15) is 29.0 Å². The number of rotatable bonds is 6. The summed E-state index contributed by atoms with van der Waals surface area (Å²) in [4.78, 5) is 0. The van der Waals surface area contributed by atoms with Crippen molar-refractivity contribution >= 4 is 43.6 Å². The lowest BCUT2D eigenvalue weighted by Gasteiger charge is -2.16. The Kier molecular flexibility index (Phi) is 7.91. The van der Waals surface area contributed by atoms with Gasteiger partial charge < -0.3 is 9.13 Å². The van der Waals surface area contributed by atoms with Crippen molar-refractivity contribution < 1.29 is 0 Å². The molecule has 0 saturated carbocycles. The summed E-state index contributed by atoms with van der Waals surface area (Å²) in [7, 11) is 0. The first-order chi connectivity index (χ1) is 32.2. The van der Waals surface area contributed by atoms with Crippen molar-refractivity contribution in [1.29, 1.82) is 0 Å². The first-order valence-corrected chi connectivity index (χ1v) is 22.9. The van der Waals surface area contributed by atoms with Crippen LogP contribution in [0, 0.1) is 0 Å². The Hall–Kier alpha value is -8.20. The third-order valence-corrected chi connectivity index (χ3v) is 14.5. The topological polar surface area (TPSA) is 9.86 Å². The summed E-state index contributed by atoms with van der Waals surface area (Å²) in [6, 6.07) is 83.8. The van der Waals surface area contributed by atoms with Crippen LogP contribution in [-0.2, 0) is 6.42 Å². The monoisotopic (exact) mass is 826 g/mol. The van der Waals surface area contributed by atoms with E-state index in [1.807, 2.05) is 0 Å². The zero-order valence-corrected chi connectivity index (χ0v) is 35.7. The van der Waals surface area contributed by atoms with Gasteiger partial charge in [0.25, 0.3) is 0 Å². The van der Waals surface area contributed by atoms with Gasteiger partial charge in [-0.3, -0.25) is 0 Å². The van der Waals surface area contributed by atoms with E-state index in [-0.39, 0.29) is 0 Å². The Morgan fingerprint density at radius 3 is 1.68 bits per heavy atom. The van der Waals surface area contributed by atoms with Crippen LogP contribution in [0.15, 0.2) is 224 Å². The number of benzene rings is 10. The van der Waals surface area contributed by atoms with Gasteiger partial charge in [-0.25, -0.2) is 0 Å². The number of fused-ring (bicyclic) bond motifs is 14. The van der Waals surface area contributed by atoms with E-state index in [4.69, 9.17) is 0 Å². The average Bonchev–Trinajstić information content (AvgIpc) is 3.98. The maximum atomic E-state index is 2.55. The van der Waals surface area contributed by atoms with Crippen LogP contribution < -0.4 is 0 Å². The number of hydrogen-bond donors (Lipinski definition) is 0. The Morgan fingerprint density at radius 2 is 0.908 bits per heavy atom. The predicted octanol–water partition coefficient (Wildman–Crippen LogP) is 16.6. The summed E-state index contributed by atoms with van der Waals surface area (Å²) in [6.45, 7) is 0. The van der Waals surface area contributed by atoms with Crippen LogP contribution in [0.25, 0.3) is 111 Å². The molecule has 0 bridgehead atoms. The molecule has 1 aliphatic heterocycles. The van der Waals surface area contributed by atoms with E-state index in [1.165, 1.54) is 122 Å². The Morgan fingerprint density at radius 1 is 0.323 bits per heavy atom. The van der Waals surface area contributed by atoms with E-state index in [9.17, 15) is 0 Å². The van der Waals surface area contributed by atoms with Gasteiger partial charge in [-0.15, -0.1) is 0 Å². The van der Waals surface area contributed by atoms with E-state index in [1.54, 1.807) is 0 Å². The molecule has 10 aromatic carbocycles. The molecule has 65 heavy (non-hydrogen) atoms. The quantitative estimate of drug-likeness (QED) is 0.158. The van der Waals surface area contributed by atoms with Crippen molar-refractivity contribution in [3.63, 3.8) is 0 Å². The molecule has 0 radical (unpaired) electrons. The van der Waals surface area contributed by atoms with E-state index in [0.717, 1.165) is 18.5 Å². The molecule has 0 fully saturated rings. The minimum atomic E-state index is 0.336. The standard InChI is InChI=1S/C63H42N2/c1-3-15-41(16-4-1)43-28-32-51-50(46-19-7-8-20-47(46)54(51)37-43)31-27-40-35-57-49-22-10-9-21-48(49)56-39-45(30-34-62(56)65-60-26-14-12-24-53(60)58(36-40)63(57)65)64-59-25-13-11-23-52(59)55-38-44(29-33-61(55)64)42-17-5-2-6-18-42/h1-26,28-30,32-39,50H,27,31H2. The van der Waals surface area contributed by atoms with Gasteiger partial charge in [-0.05, 0) is 135 Å². The van der Waals surface area contributed by atoms with Crippen molar-refractivity contribution in [1.82, 2.24) is 9.13 Å². The minimum absolute atomic E-state index is 0.336. The molecule has 2 aromatic heterocycles. The van der Waals surface area contributed by atoms with Gasteiger partial charge in [0.2, 0.25) is 0 Å². The number of nitrogens with zero attached hydrogens (tertiary/aromatic N) is 2. The molecule has 2 aliphatic rings. The van der Waals surface area contributed by atoms with Crippen molar-refractivity contribution in [3.8, 4) is 67.0 Å². The van der Waals surface area contributed by atoms with Gasteiger partial charge in [-0.1, -0.05) is 164 Å². The van der Waals surface area contributed by atoms with Gasteiger partial charge >= 0.3 is 0 Å². The number of para-hydroxylation sites is 2.